The van der Waals surface area contributed by atoms with E-state index < -0.39 is 28.4 Å². The van der Waals surface area contributed by atoms with Crippen LogP contribution in [-0.4, -0.2) is 38.5 Å². The highest BCUT2D eigenvalue weighted by molar-refractivity contribution is 7.89. The molecule has 1 aromatic carbocycles. The first-order valence-corrected chi connectivity index (χ1v) is 7.40. The van der Waals surface area contributed by atoms with Crippen LogP contribution in [0, 0.1) is 0 Å². The second-order valence-electron chi connectivity index (χ2n) is 3.99. The molecule has 0 radical (unpaired) electrons. The number of sulfonamides is 1. The molecule has 0 fully saturated rings. The lowest BCUT2D eigenvalue weighted by atomic mass is 10.1. The minimum atomic E-state index is -3.51. The van der Waals surface area contributed by atoms with E-state index in [1.165, 1.54) is 24.3 Å². The molecule has 0 heterocycles. The van der Waals surface area contributed by atoms with Crippen molar-refractivity contribution < 1.29 is 23.1 Å². The summed E-state index contributed by atoms with van der Waals surface area (Å²) in [6.07, 6.45) is -0.00514. The van der Waals surface area contributed by atoms with Gasteiger partial charge in [0.2, 0.25) is 15.9 Å². The maximum absolute atomic E-state index is 11.7. The number of hydrogen-bond acceptors (Lipinski definition) is 4. The van der Waals surface area contributed by atoms with Gasteiger partial charge in [0, 0.05) is 6.54 Å². The van der Waals surface area contributed by atoms with Crippen LogP contribution in [0.25, 0.3) is 0 Å². The van der Waals surface area contributed by atoms with Crippen molar-refractivity contribution in [1.82, 2.24) is 10.0 Å². The first kappa shape index (κ1) is 16.1. The van der Waals surface area contributed by atoms with Crippen molar-refractivity contribution in [3.05, 3.63) is 29.8 Å². The third-order valence-corrected chi connectivity index (χ3v) is 3.93. The van der Waals surface area contributed by atoms with E-state index in [1.54, 1.807) is 6.92 Å². The molecule has 0 bridgehead atoms. The van der Waals surface area contributed by atoms with Gasteiger partial charge in [-0.25, -0.2) is 13.1 Å². The third kappa shape index (κ3) is 4.98. The van der Waals surface area contributed by atoms with Crippen LogP contribution in [0.1, 0.15) is 12.5 Å². The number of carboxylic acids is 1. The quantitative estimate of drug-likeness (QED) is 0.641. The maximum atomic E-state index is 11.7. The summed E-state index contributed by atoms with van der Waals surface area (Å²) < 4.78 is 25.7. The smallest absolute Gasteiger partial charge is 0.322 e. The van der Waals surface area contributed by atoms with Gasteiger partial charge in [-0.05, 0) is 17.7 Å². The van der Waals surface area contributed by atoms with Crippen LogP contribution in [0.3, 0.4) is 0 Å². The lowest BCUT2D eigenvalue weighted by molar-refractivity contribution is -0.137. The molecule has 0 aromatic heterocycles. The number of carbonyl (C=O) groups is 2. The van der Waals surface area contributed by atoms with Crippen molar-refractivity contribution in [3.63, 3.8) is 0 Å². The maximum Gasteiger partial charge on any atom is 0.322 e. The highest BCUT2D eigenvalue weighted by atomic mass is 32.2. The molecule has 0 aliphatic rings. The predicted octanol–water partition coefficient (Wildman–Crippen LogP) is -0.272. The molecule has 0 saturated heterocycles. The van der Waals surface area contributed by atoms with Gasteiger partial charge >= 0.3 is 5.97 Å². The Labute approximate surface area is 117 Å². The number of nitrogens with one attached hydrogen (secondary N) is 2. The van der Waals surface area contributed by atoms with Crippen LogP contribution >= 0.6 is 0 Å². The number of rotatable bonds is 7. The third-order valence-electron chi connectivity index (χ3n) is 2.37. The van der Waals surface area contributed by atoms with Crippen LogP contribution in [0.5, 0.6) is 0 Å². The number of aliphatic carboxylic acids is 1. The van der Waals surface area contributed by atoms with E-state index in [0.29, 0.717) is 12.1 Å². The Balaban J connectivity index is 2.68. The fourth-order valence-corrected chi connectivity index (χ4v) is 2.52. The van der Waals surface area contributed by atoms with Crippen LogP contribution in [0.2, 0.25) is 0 Å². The number of carboxylic acid groups (broad SMARTS) is 1. The Morgan fingerprint density at radius 2 is 1.80 bits per heavy atom. The molecular formula is C12H16N2O5S. The monoisotopic (exact) mass is 300 g/mol. The number of carbonyl (C=O) groups excluding carboxylic acids is 1. The molecule has 8 heteroatoms. The Morgan fingerprint density at radius 3 is 2.30 bits per heavy atom. The van der Waals surface area contributed by atoms with E-state index in [4.69, 9.17) is 5.11 Å². The highest BCUT2D eigenvalue weighted by Crippen LogP contribution is 2.10. The summed E-state index contributed by atoms with van der Waals surface area (Å²) in [5, 5.41) is 10.6. The average Bonchev–Trinajstić information content (AvgIpc) is 2.37. The largest absolute Gasteiger partial charge is 0.480 e. The Hall–Kier alpha value is -1.93. The molecule has 0 unspecified atom stereocenters. The highest BCUT2D eigenvalue weighted by Gasteiger charge is 2.12. The summed E-state index contributed by atoms with van der Waals surface area (Å²) in [7, 11) is -3.51. The van der Waals surface area contributed by atoms with Crippen molar-refractivity contribution in [2.24, 2.45) is 0 Å². The zero-order valence-corrected chi connectivity index (χ0v) is 11.7. The molecular weight excluding hydrogens is 284 g/mol. The van der Waals surface area contributed by atoms with E-state index in [1.807, 2.05) is 0 Å². The molecule has 0 atom stereocenters. The molecule has 1 amide bonds. The van der Waals surface area contributed by atoms with E-state index in [-0.39, 0.29) is 11.3 Å². The SMILES string of the molecule is CCNS(=O)(=O)c1ccc(CC(=O)NCC(=O)O)cc1. The summed E-state index contributed by atoms with van der Waals surface area (Å²) in [5.41, 5.74) is 0.600. The predicted molar refractivity (Wildman–Crippen MR) is 71.7 cm³/mol. The van der Waals surface area contributed by atoms with Gasteiger partial charge in [0.1, 0.15) is 6.54 Å². The van der Waals surface area contributed by atoms with Gasteiger partial charge in [-0.2, -0.15) is 0 Å². The van der Waals surface area contributed by atoms with Crippen LogP contribution in [0.4, 0.5) is 0 Å². The van der Waals surface area contributed by atoms with Crippen molar-refractivity contribution in [2.75, 3.05) is 13.1 Å². The van der Waals surface area contributed by atoms with Crippen molar-refractivity contribution in [3.8, 4) is 0 Å². The minimum Gasteiger partial charge on any atom is -0.480 e. The standard InChI is InChI=1S/C12H16N2O5S/c1-2-14-20(18,19)10-5-3-9(4-6-10)7-11(15)13-8-12(16)17/h3-6,14H,2,7-8H2,1H3,(H,13,15)(H,16,17). The van der Waals surface area contributed by atoms with E-state index >= 15 is 0 Å². The molecule has 20 heavy (non-hydrogen) atoms. The van der Waals surface area contributed by atoms with Crippen molar-refractivity contribution >= 4 is 21.9 Å². The number of hydrogen-bond donors (Lipinski definition) is 3. The van der Waals surface area contributed by atoms with E-state index in [9.17, 15) is 18.0 Å². The van der Waals surface area contributed by atoms with Crippen LogP contribution in [-0.2, 0) is 26.0 Å². The summed E-state index contributed by atoms with van der Waals surface area (Å²) in [4.78, 5) is 21.8. The number of amides is 1. The van der Waals surface area contributed by atoms with Gasteiger partial charge in [-0.3, -0.25) is 9.59 Å². The van der Waals surface area contributed by atoms with Gasteiger partial charge in [-0.15, -0.1) is 0 Å². The van der Waals surface area contributed by atoms with Crippen LogP contribution in [0.15, 0.2) is 29.2 Å². The summed E-state index contributed by atoms with van der Waals surface area (Å²) in [6, 6.07) is 5.84. The molecule has 110 valence electrons. The first-order valence-electron chi connectivity index (χ1n) is 5.92. The molecule has 7 nitrogen and oxygen atoms in total. The fraction of sp³-hybridized carbons (Fsp3) is 0.333. The second kappa shape index (κ2) is 7.01. The Morgan fingerprint density at radius 1 is 1.20 bits per heavy atom. The lowest BCUT2D eigenvalue weighted by Crippen LogP contribution is -2.30. The minimum absolute atomic E-state index is 0.00514. The van der Waals surface area contributed by atoms with Gasteiger partial charge in [0.25, 0.3) is 0 Å². The zero-order chi connectivity index (χ0) is 15.2. The molecule has 0 spiro atoms. The lowest BCUT2D eigenvalue weighted by Gasteiger charge is -2.06. The normalized spacial score (nSPS) is 11.1. The summed E-state index contributed by atoms with van der Waals surface area (Å²) >= 11 is 0. The van der Waals surface area contributed by atoms with Gasteiger partial charge in [0.05, 0.1) is 11.3 Å². The summed E-state index contributed by atoms with van der Waals surface area (Å²) in [6.45, 7) is 1.53. The average molecular weight is 300 g/mol. The Bertz CT molecular complexity index is 580. The second-order valence-corrected chi connectivity index (χ2v) is 5.76. The molecule has 0 saturated carbocycles. The Kier molecular flexibility index (Phi) is 5.66. The van der Waals surface area contributed by atoms with Crippen LogP contribution < -0.4 is 10.0 Å². The molecule has 0 aliphatic heterocycles. The van der Waals surface area contributed by atoms with E-state index in [2.05, 4.69) is 10.0 Å². The van der Waals surface area contributed by atoms with E-state index in [0.717, 1.165) is 0 Å². The number of benzene rings is 1. The molecule has 1 rings (SSSR count). The van der Waals surface area contributed by atoms with Gasteiger partial charge in [-0.1, -0.05) is 19.1 Å². The zero-order valence-electron chi connectivity index (χ0n) is 10.9. The molecule has 3 N–H and O–H groups in total. The molecule has 1 aromatic rings. The molecule has 0 aliphatic carbocycles. The van der Waals surface area contributed by atoms with Gasteiger partial charge in [0.15, 0.2) is 0 Å². The first-order chi connectivity index (χ1) is 9.35. The fourth-order valence-electron chi connectivity index (χ4n) is 1.48. The summed E-state index contributed by atoms with van der Waals surface area (Å²) in [5.74, 6) is -1.56. The topological polar surface area (TPSA) is 113 Å². The van der Waals surface area contributed by atoms with Crippen molar-refractivity contribution in [1.29, 1.82) is 0 Å². The van der Waals surface area contributed by atoms with Gasteiger partial charge < -0.3 is 10.4 Å². The van der Waals surface area contributed by atoms with Crippen molar-refractivity contribution in [2.45, 2.75) is 18.2 Å².